The molecule has 1 aromatic carbocycles. The largest absolute Gasteiger partial charge is 0.389 e. The van der Waals surface area contributed by atoms with Gasteiger partial charge in [0, 0.05) is 28.8 Å². The second-order valence-corrected chi connectivity index (χ2v) is 4.64. The third-order valence-corrected chi connectivity index (χ3v) is 3.13. The lowest BCUT2D eigenvalue weighted by Crippen LogP contribution is -2.37. The van der Waals surface area contributed by atoms with E-state index in [4.69, 9.17) is 0 Å². The molecule has 14 heavy (non-hydrogen) atoms. The summed E-state index contributed by atoms with van der Waals surface area (Å²) in [4.78, 5) is 2.30. The summed E-state index contributed by atoms with van der Waals surface area (Å²) in [6.45, 7) is 4.03. The number of halogens is 1. The van der Waals surface area contributed by atoms with Crippen LogP contribution in [0.4, 0.5) is 5.69 Å². The zero-order valence-electron chi connectivity index (χ0n) is 8.20. The third-order valence-electron chi connectivity index (χ3n) is 2.64. The Labute approximate surface area is 92.7 Å². The number of nitrogens with zero attached hydrogens (tertiary/aromatic N) is 1. The average Bonchev–Trinajstić information content (AvgIpc) is 2.00. The van der Waals surface area contributed by atoms with Crippen molar-refractivity contribution in [1.82, 2.24) is 0 Å². The fourth-order valence-electron chi connectivity index (χ4n) is 1.70. The van der Waals surface area contributed by atoms with Crippen molar-refractivity contribution in [2.45, 2.75) is 19.4 Å². The molecule has 1 atom stereocenters. The van der Waals surface area contributed by atoms with E-state index in [-0.39, 0.29) is 0 Å². The summed E-state index contributed by atoms with van der Waals surface area (Å²) < 4.78 is 1.07. The fraction of sp³-hybridized carbons (Fsp3) is 0.455. The average molecular weight is 256 g/mol. The SMILES string of the molecule is CC(O)c1ccc(Br)cc1N1CCC1. The van der Waals surface area contributed by atoms with E-state index in [0.29, 0.717) is 0 Å². The van der Waals surface area contributed by atoms with Crippen molar-refractivity contribution in [3.63, 3.8) is 0 Å². The highest BCUT2D eigenvalue weighted by molar-refractivity contribution is 9.10. The standard InChI is InChI=1S/C11H14BrNO/c1-8(14)10-4-3-9(12)7-11(10)13-5-2-6-13/h3-4,7-8,14H,2,5-6H2,1H3. The zero-order valence-corrected chi connectivity index (χ0v) is 9.79. The molecule has 1 N–H and O–H groups in total. The first-order chi connectivity index (χ1) is 6.68. The van der Waals surface area contributed by atoms with Crippen LogP contribution in [0.5, 0.6) is 0 Å². The molecule has 2 rings (SSSR count). The summed E-state index contributed by atoms with van der Waals surface area (Å²) >= 11 is 3.46. The highest BCUT2D eigenvalue weighted by Gasteiger charge is 2.19. The molecule has 0 amide bonds. The van der Waals surface area contributed by atoms with Crippen LogP contribution in [0.3, 0.4) is 0 Å². The van der Waals surface area contributed by atoms with Crippen molar-refractivity contribution in [3.05, 3.63) is 28.2 Å². The van der Waals surface area contributed by atoms with Gasteiger partial charge in [0.15, 0.2) is 0 Å². The molecular weight excluding hydrogens is 242 g/mol. The molecule has 1 heterocycles. The molecule has 76 valence electrons. The zero-order chi connectivity index (χ0) is 10.1. The summed E-state index contributed by atoms with van der Waals surface area (Å²) in [5.41, 5.74) is 2.19. The first-order valence-electron chi connectivity index (χ1n) is 4.91. The van der Waals surface area contributed by atoms with Gasteiger partial charge in [0.05, 0.1) is 6.10 Å². The molecule has 0 radical (unpaired) electrons. The maximum Gasteiger partial charge on any atom is 0.0782 e. The van der Waals surface area contributed by atoms with Gasteiger partial charge in [-0.2, -0.15) is 0 Å². The van der Waals surface area contributed by atoms with E-state index in [1.165, 1.54) is 12.1 Å². The Bertz CT molecular complexity index is 334. The number of benzene rings is 1. The minimum absolute atomic E-state index is 0.390. The van der Waals surface area contributed by atoms with Gasteiger partial charge in [-0.25, -0.2) is 0 Å². The van der Waals surface area contributed by atoms with Gasteiger partial charge in [-0.15, -0.1) is 0 Å². The molecule has 0 spiro atoms. The Morgan fingerprint density at radius 2 is 2.14 bits per heavy atom. The highest BCUT2D eigenvalue weighted by atomic mass is 79.9. The van der Waals surface area contributed by atoms with E-state index in [1.54, 1.807) is 0 Å². The first-order valence-corrected chi connectivity index (χ1v) is 5.70. The topological polar surface area (TPSA) is 23.5 Å². The second kappa shape index (κ2) is 3.91. The Balaban J connectivity index is 2.37. The summed E-state index contributed by atoms with van der Waals surface area (Å²) in [6.07, 6.45) is 0.866. The van der Waals surface area contributed by atoms with Gasteiger partial charge in [-0.1, -0.05) is 22.0 Å². The van der Waals surface area contributed by atoms with Crippen molar-refractivity contribution in [1.29, 1.82) is 0 Å². The Morgan fingerprint density at radius 3 is 2.64 bits per heavy atom. The van der Waals surface area contributed by atoms with Crippen LogP contribution in [0.25, 0.3) is 0 Å². The van der Waals surface area contributed by atoms with Gasteiger partial charge < -0.3 is 10.0 Å². The molecule has 1 aliphatic rings. The lowest BCUT2D eigenvalue weighted by molar-refractivity contribution is 0.199. The third kappa shape index (κ3) is 1.79. The van der Waals surface area contributed by atoms with Gasteiger partial charge in [-0.05, 0) is 25.5 Å². The monoisotopic (exact) mass is 255 g/mol. The van der Waals surface area contributed by atoms with E-state index in [9.17, 15) is 5.11 Å². The van der Waals surface area contributed by atoms with Crippen LogP contribution in [0, 0.1) is 0 Å². The molecular formula is C11H14BrNO. The summed E-state index contributed by atoms with van der Waals surface area (Å²) in [5.74, 6) is 0. The summed E-state index contributed by atoms with van der Waals surface area (Å²) in [5, 5.41) is 9.62. The van der Waals surface area contributed by atoms with Crippen LogP contribution in [-0.2, 0) is 0 Å². The maximum atomic E-state index is 9.62. The van der Waals surface area contributed by atoms with Crippen molar-refractivity contribution >= 4 is 21.6 Å². The second-order valence-electron chi connectivity index (χ2n) is 3.72. The summed E-state index contributed by atoms with van der Waals surface area (Å²) in [7, 11) is 0. The van der Waals surface area contributed by atoms with Crippen molar-refractivity contribution in [3.8, 4) is 0 Å². The van der Waals surface area contributed by atoms with Crippen molar-refractivity contribution < 1.29 is 5.11 Å². The van der Waals surface area contributed by atoms with E-state index in [1.807, 2.05) is 19.1 Å². The van der Waals surface area contributed by atoms with Crippen LogP contribution in [0.2, 0.25) is 0 Å². The lowest BCUT2D eigenvalue weighted by atomic mass is 10.0. The maximum absolute atomic E-state index is 9.62. The van der Waals surface area contributed by atoms with E-state index >= 15 is 0 Å². The number of hydrogen-bond donors (Lipinski definition) is 1. The van der Waals surface area contributed by atoms with Gasteiger partial charge in [0.25, 0.3) is 0 Å². The summed E-state index contributed by atoms with van der Waals surface area (Å²) in [6, 6.07) is 6.05. The lowest BCUT2D eigenvalue weighted by Gasteiger charge is -2.35. The molecule has 1 saturated heterocycles. The molecule has 1 aliphatic heterocycles. The van der Waals surface area contributed by atoms with Gasteiger partial charge in [0.1, 0.15) is 0 Å². The fourth-order valence-corrected chi connectivity index (χ4v) is 2.05. The van der Waals surface area contributed by atoms with Gasteiger partial charge in [-0.3, -0.25) is 0 Å². The number of rotatable bonds is 2. The van der Waals surface area contributed by atoms with Crippen LogP contribution < -0.4 is 4.90 Å². The van der Waals surface area contributed by atoms with Crippen LogP contribution >= 0.6 is 15.9 Å². The van der Waals surface area contributed by atoms with Crippen molar-refractivity contribution in [2.24, 2.45) is 0 Å². The van der Waals surface area contributed by atoms with Crippen LogP contribution in [0.15, 0.2) is 22.7 Å². The molecule has 1 fully saturated rings. The van der Waals surface area contributed by atoms with E-state index in [2.05, 4.69) is 26.9 Å². The first kappa shape index (κ1) is 9.99. The normalized spacial score (nSPS) is 17.8. The van der Waals surface area contributed by atoms with E-state index in [0.717, 1.165) is 23.1 Å². The predicted octanol–water partition coefficient (Wildman–Crippen LogP) is 2.71. The molecule has 0 aliphatic carbocycles. The predicted molar refractivity (Wildman–Crippen MR) is 61.6 cm³/mol. The van der Waals surface area contributed by atoms with E-state index < -0.39 is 6.10 Å². The molecule has 3 heteroatoms. The number of aliphatic hydroxyl groups is 1. The smallest absolute Gasteiger partial charge is 0.0782 e. The number of hydrogen-bond acceptors (Lipinski definition) is 2. The molecule has 0 saturated carbocycles. The molecule has 1 aromatic rings. The number of aliphatic hydroxyl groups excluding tert-OH is 1. The molecule has 0 bridgehead atoms. The minimum atomic E-state index is -0.390. The quantitative estimate of drug-likeness (QED) is 0.879. The van der Waals surface area contributed by atoms with Gasteiger partial charge in [0.2, 0.25) is 0 Å². The minimum Gasteiger partial charge on any atom is -0.389 e. The van der Waals surface area contributed by atoms with Crippen LogP contribution in [0.1, 0.15) is 25.0 Å². The Morgan fingerprint density at radius 1 is 1.43 bits per heavy atom. The molecule has 0 aromatic heterocycles. The Hall–Kier alpha value is -0.540. The van der Waals surface area contributed by atoms with Gasteiger partial charge >= 0.3 is 0 Å². The highest BCUT2D eigenvalue weighted by Crippen LogP contribution is 2.32. The van der Waals surface area contributed by atoms with Crippen LogP contribution in [-0.4, -0.2) is 18.2 Å². The van der Waals surface area contributed by atoms with Crippen molar-refractivity contribution in [2.75, 3.05) is 18.0 Å². The number of anilines is 1. The molecule has 1 unspecified atom stereocenters. The Kier molecular flexibility index (Phi) is 2.79. The molecule has 2 nitrogen and oxygen atoms in total.